The van der Waals surface area contributed by atoms with Gasteiger partial charge < -0.3 is 0 Å². The SMILES string of the molecule is Cc1ccc(CC(Cl)CCCc2cccs2)cc1C. The zero-order valence-corrected chi connectivity index (χ0v) is 13.2. The zero-order chi connectivity index (χ0) is 13.7. The van der Waals surface area contributed by atoms with Crippen LogP contribution in [0.25, 0.3) is 0 Å². The third-order valence-corrected chi connectivity index (χ3v) is 4.86. The second kappa shape index (κ2) is 7.12. The van der Waals surface area contributed by atoms with Crippen LogP contribution in [0.2, 0.25) is 0 Å². The summed E-state index contributed by atoms with van der Waals surface area (Å²) in [6.45, 7) is 4.32. The van der Waals surface area contributed by atoms with Gasteiger partial charge in [-0.25, -0.2) is 0 Å². The number of benzene rings is 1. The summed E-state index contributed by atoms with van der Waals surface area (Å²) in [5.41, 5.74) is 4.08. The lowest BCUT2D eigenvalue weighted by Gasteiger charge is -2.10. The molecule has 1 atom stereocenters. The molecule has 0 fully saturated rings. The van der Waals surface area contributed by atoms with Gasteiger partial charge in [-0.2, -0.15) is 0 Å². The predicted octanol–water partition coefficient (Wildman–Crippen LogP) is 5.54. The highest BCUT2D eigenvalue weighted by molar-refractivity contribution is 7.09. The molecule has 0 aliphatic rings. The largest absolute Gasteiger partial charge is 0.149 e. The molecule has 1 aromatic heterocycles. The number of thiophene rings is 1. The van der Waals surface area contributed by atoms with Crippen molar-refractivity contribution in [1.29, 1.82) is 0 Å². The first-order valence-electron chi connectivity index (χ1n) is 6.88. The number of halogens is 1. The lowest BCUT2D eigenvalue weighted by Crippen LogP contribution is -2.04. The minimum atomic E-state index is 0.252. The molecule has 1 aromatic carbocycles. The van der Waals surface area contributed by atoms with Crippen LogP contribution >= 0.6 is 22.9 Å². The molecule has 2 heteroatoms. The first-order valence-corrected chi connectivity index (χ1v) is 8.19. The lowest BCUT2D eigenvalue weighted by atomic mass is 10.0. The van der Waals surface area contributed by atoms with Gasteiger partial charge in [0.1, 0.15) is 0 Å². The van der Waals surface area contributed by atoms with Gasteiger partial charge in [0.2, 0.25) is 0 Å². The zero-order valence-electron chi connectivity index (χ0n) is 11.7. The monoisotopic (exact) mass is 292 g/mol. The van der Waals surface area contributed by atoms with Crippen molar-refractivity contribution in [3.63, 3.8) is 0 Å². The Balaban J connectivity index is 1.77. The quantitative estimate of drug-likeness (QED) is 0.613. The Labute approximate surface area is 125 Å². The van der Waals surface area contributed by atoms with E-state index in [0.29, 0.717) is 0 Å². The Hall–Kier alpha value is -0.790. The van der Waals surface area contributed by atoms with Crippen molar-refractivity contribution < 1.29 is 0 Å². The molecule has 0 N–H and O–H groups in total. The fourth-order valence-electron chi connectivity index (χ4n) is 2.24. The average molecular weight is 293 g/mol. The molecule has 2 aromatic rings. The van der Waals surface area contributed by atoms with E-state index in [-0.39, 0.29) is 5.38 Å². The van der Waals surface area contributed by atoms with Gasteiger partial charge in [-0.05, 0) is 67.7 Å². The molecule has 0 spiro atoms. The summed E-state index contributed by atoms with van der Waals surface area (Å²) in [6, 6.07) is 11.0. The smallest absolute Gasteiger partial charge is 0.0376 e. The van der Waals surface area contributed by atoms with Gasteiger partial charge in [-0.1, -0.05) is 24.3 Å². The third-order valence-electron chi connectivity index (χ3n) is 3.55. The van der Waals surface area contributed by atoms with Crippen LogP contribution < -0.4 is 0 Å². The van der Waals surface area contributed by atoms with Crippen molar-refractivity contribution in [3.05, 3.63) is 57.3 Å². The maximum Gasteiger partial charge on any atom is 0.0376 e. The molecular formula is C17H21ClS. The van der Waals surface area contributed by atoms with Crippen LogP contribution in [0.15, 0.2) is 35.7 Å². The highest BCUT2D eigenvalue weighted by Crippen LogP contribution is 2.18. The highest BCUT2D eigenvalue weighted by Gasteiger charge is 2.07. The normalized spacial score (nSPS) is 12.6. The molecular weight excluding hydrogens is 272 g/mol. The minimum Gasteiger partial charge on any atom is -0.149 e. The molecule has 102 valence electrons. The van der Waals surface area contributed by atoms with Crippen molar-refractivity contribution in [2.75, 3.05) is 0 Å². The Morgan fingerprint density at radius 3 is 2.68 bits per heavy atom. The van der Waals surface area contributed by atoms with Gasteiger partial charge in [0.05, 0.1) is 0 Å². The van der Waals surface area contributed by atoms with Gasteiger partial charge >= 0.3 is 0 Å². The molecule has 0 radical (unpaired) electrons. The van der Waals surface area contributed by atoms with E-state index >= 15 is 0 Å². The number of hydrogen-bond acceptors (Lipinski definition) is 1. The molecule has 0 aliphatic heterocycles. The summed E-state index contributed by atoms with van der Waals surface area (Å²) in [4.78, 5) is 1.47. The summed E-state index contributed by atoms with van der Waals surface area (Å²) in [7, 11) is 0. The fraction of sp³-hybridized carbons (Fsp3) is 0.412. The molecule has 1 unspecified atom stereocenters. The number of alkyl halides is 1. The summed E-state index contributed by atoms with van der Waals surface area (Å²) in [5, 5.41) is 2.39. The lowest BCUT2D eigenvalue weighted by molar-refractivity contribution is 0.689. The molecule has 0 saturated carbocycles. The van der Waals surface area contributed by atoms with E-state index in [1.54, 1.807) is 0 Å². The van der Waals surface area contributed by atoms with Gasteiger partial charge in [-0.3, -0.25) is 0 Å². The van der Waals surface area contributed by atoms with E-state index in [0.717, 1.165) is 19.3 Å². The first kappa shape index (κ1) is 14.6. The molecule has 0 nitrogen and oxygen atoms in total. The topological polar surface area (TPSA) is 0 Å². The molecule has 0 bridgehead atoms. The predicted molar refractivity (Wildman–Crippen MR) is 86.5 cm³/mol. The van der Waals surface area contributed by atoms with Gasteiger partial charge in [-0.15, -0.1) is 22.9 Å². The summed E-state index contributed by atoms with van der Waals surface area (Å²) in [6.07, 6.45) is 4.41. The van der Waals surface area contributed by atoms with Crippen molar-refractivity contribution in [1.82, 2.24) is 0 Å². The molecule has 19 heavy (non-hydrogen) atoms. The Morgan fingerprint density at radius 2 is 2.00 bits per heavy atom. The van der Waals surface area contributed by atoms with Gasteiger partial charge in [0.25, 0.3) is 0 Å². The summed E-state index contributed by atoms with van der Waals surface area (Å²) < 4.78 is 0. The van der Waals surface area contributed by atoms with Gasteiger partial charge in [0, 0.05) is 10.3 Å². The van der Waals surface area contributed by atoms with E-state index in [4.69, 9.17) is 11.6 Å². The second-order valence-electron chi connectivity index (χ2n) is 5.19. The highest BCUT2D eigenvalue weighted by atomic mass is 35.5. The number of rotatable bonds is 6. The standard InChI is InChI=1S/C17H21ClS/c1-13-8-9-15(11-14(13)2)12-16(18)5-3-6-17-7-4-10-19-17/h4,7-11,16H,3,5-6,12H2,1-2H3. The van der Waals surface area contributed by atoms with Crippen LogP contribution in [0.1, 0.15) is 34.4 Å². The Kier molecular flexibility index (Phi) is 5.47. The van der Waals surface area contributed by atoms with Gasteiger partial charge in [0.15, 0.2) is 0 Å². The van der Waals surface area contributed by atoms with Crippen molar-refractivity contribution in [3.8, 4) is 0 Å². The van der Waals surface area contributed by atoms with E-state index in [1.807, 2.05) is 11.3 Å². The van der Waals surface area contributed by atoms with Crippen LogP contribution in [0, 0.1) is 13.8 Å². The molecule has 0 saturated heterocycles. The average Bonchev–Trinajstić information content (AvgIpc) is 2.87. The summed E-state index contributed by atoms with van der Waals surface area (Å²) >= 11 is 8.29. The third kappa shape index (κ3) is 4.67. The molecule has 0 amide bonds. The molecule has 2 rings (SSSR count). The maximum absolute atomic E-state index is 6.45. The van der Waals surface area contributed by atoms with E-state index in [2.05, 4.69) is 49.6 Å². The van der Waals surface area contributed by atoms with Crippen LogP contribution in [-0.2, 0) is 12.8 Å². The fourth-order valence-corrected chi connectivity index (χ4v) is 3.32. The molecule has 1 heterocycles. The van der Waals surface area contributed by atoms with E-state index < -0.39 is 0 Å². The van der Waals surface area contributed by atoms with Crippen molar-refractivity contribution >= 4 is 22.9 Å². The van der Waals surface area contributed by atoms with E-state index in [9.17, 15) is 0 Å². The second-order valence-corrected chi connectivity index (χ2v) is 6.84. The number of hydrogen-bond donors (Lipinski definition) is 0. The Morgan fingerprint density at radius 1 is 1.16 bits per heavy atom. The van der Waals surface area contributed by atoms with Crippen LogP contribution in [0.3, 0.4) is 0 Å². The number of aryl methyl sites for hydroxylation is 3. The molecule has 0 aliphatic carbocycles. The van der Waals surface area contributed by atoms with Crippen LogP contribution in [0.5, 0.6) is 0 Å². The minimum absolute atomic E-state index is 0.252. The van der Waals surface area contributed by atoms with Crippen LogP contribution in [0.4, 0.5) is 0 Å². The van der Waals surface area contributed by atoms with Crippen molar-refractivity contribution in [2.24, 2.45) is 0 Å². The van der Waals surface area contributed by atoms with Crippen LogP contribution in [-0.4, -0.2) is 5.38 Å². The summed E-state index contributed by atoms with van der Waals surface area (Å²) in [5.74, 6) is 0. The first-order chi connectivity index (χ1) is 9.15. The van der Waals surface area contributed by atoms with E-state index in [1.165, 1.54) is 28.0 Å². The maximum atomic E-state index is 6.45. The van der Waals surface area contributed by atoms with Crippen molar-refractivity contribution in [2.45, 2.75) is 44.9 Å². The Bertz CT molecular complexity index is 502.